The van der Waals surface area contributed by atoms with Gasteiger partial charge in [0.05, 0.1) is 11.0 Å². The topological polar surface area (TPSA) is 107 Å². The Morgan fingerprint density at radius 2 is 1.69 bits per heavy atom. The van der Waals surface area contributed by atoms with Gasteiger partial charge in [-0.25, -0.2) is 4.98 Å². The average molecular weight is 447 g/mol. The number of H-pyrrole nitrogens is 1. The number of hydrazine groups is 1. The number of hydrogen-bond donors (Lipinski definition) is 4. The van der Waals surface area contributed by atoms with Gasteiger partial charge < -0.3 is 10.1 Å². The van der Waals surface area contributed by atoms with Crippen molar-refractivity contribution in [2.24, 2.45) is 0 Å². The molecular formula is C24H22N4O3S. The second-order valence-corrected chi connectivity index (χ2v) is 8.14. The summed E-state index contributed by atoms with van der Waals surface area (Å²) in [5, 5.41) is 10.6. The molecule has 4 N–H and O–H groups in total. The summed E-state index contributed by atoms with van der Waals surface area (Å²) < 4.78 is 0. The molecule has 0 unspecified atom stereocenters. The molecule has 8 heteroatoms. The van der Waals surface area contributed by atoms with Gasteiger partial charge in [0.1, 0.15) is 5.75 Å². The third-order valence-electron chi connectivity index (χ3n) is 4.89. The number of rotatable bonds is 7. The molecule has 7 nitrogen and oxygen atoms in total. The smallest absolute Gasteiger partial charge is 0.269 e. The first-order valence-electron chi connectivity index (χ1n) is 10.1. The summed E-state index contributed by atoms with van der Waals surface area (Å²) in [6, 6.07) is 21.9. The molecule has 0 aliphatic rings. The van der Waals surface area contributed by atoms with Gasteiger partial charge in [-0.3, -0.25) is 20.4 Å². The van der Waals surface area contributed by atoms with Crippen molar-refractivity contribution in [3.05, 3.63) is 89.5 Å². The molecule has 0 radical (unpaired) electrons. The van der Waals surface area contributed by atoms with Gasteiger partial charge in [-0.2, -0.15) is 0 Å². The Morgan fingerprint density at radius 3 is 2.47 bits per heavy atom. The van der Waals surface area contributed by atoms with Gasteiger partial charge in [-0.1, -0.05) is 54.2 Å². The van der Waals surface area contributed by atoms with E-state index in [1.165, 1.54) is 0 Å². The van der Waals surface area contributed by atoms with Gasteiger partial charge in [-0.05, 0) is 47.9 Å². The Labute approximate surface area is 189 Å². The monoisotopic (exact) mass is 446 g/mol. The molecule has 1 aromatic heterocycles. The summed E-state index contributed by atoms with van der Waals surface area (Å²) in [7, 11) is 0. The second-order valence-electron chi connectivity index (χ2n) is 7.18. The summed E-state index contributed by atoms with van der Waals surface area (Å²) in [6.07, 6.45) is 0.530. The Balaban J connectivity index is 1.23. The first kappa shape index (κ1) is 21.5. The molecule has 32 heavy (non-hydrogen) atoms. The number of fused-ring (bicyclic) bond motifs is 1. The number of hydrogen-bond acceptors (Lipinski definition) is 5. The highest BCUT2D eigenvalue weighted by atomic mass is 32.2. The predicted octanol–water partition coefficient (Wildman–Crippen LogP) is 3.95. The van der Waals surface area contributed by atoms with Crippen LogP contribution in [0.4, 0.5) is 0 Å². The number of para-hydroxylation sites is 3. The number of nitrogens with one attached hydrogen (secondary N) is 3. The van der Waals surface area contributed by atoms with E-state index in [1.807, 2.05) is 36.4 Å². The number of carbonyl (C=O) groups excluding carboxylic acids is 2. The van der Waals surface area contributed by atoms with Gasteiger partial charge in [0.25, 0.3) is 5.91 Å². The van der Waals surface area contributed by atoms with E-state index >= 15 is 0 Å². The van der Waals surface area contributed by atoms with Gasteiger partial charge in [-0.15, -0.1) is 0 Å². The number of aryl methyl sites for hydroxylation is 1. The largest absolute Gasteiger partial charge is 0.508 e. The Hall–Kier alpha value is -3.78. The van der Waals surface area contributed by atoms with Crippen LogP contribution in [0.15, 0.2) is 78.0 Å². The van der Waals surface area contributed by atoms with Crippen LogP contribution in [0.3, 0.4) is 0 Å². The van der Waals surface area contributed by atoms with Gasteiger partial charge in [0.15, 0.2) is 5.16 Å². The summed E-state index contributed by atoms with van der Waals surface area (Å²) >= 11 is 1.59. The number of imidazole rings is 1. The van der Waals surface area contributed by atoms with E-state index in [2.05, 4.69) is 20.8 Å². The van der Waals surface area contributed by atoms with E-state index in [4.69, 9.17) is 0 Å². The van der Waals surface area contributed by atoms with Crippen molar-refractivity contribution < 1.29 is 14.7 Å². The molecule has 162 valence electrons. The van der Waals surface area contributed by atoms with Crippen molar-refractivity contribution in [3.8, 4) is 5.75 Å². The number of amides is 2. The number of aromatic nitrogens is 2. The zero-order valence-corrected chi connectivity index (χ0v) is 18.0. The lowest BCUT2D eigenvalue weighted by molar-refractivity contribution is -0.121. The standard InChI is InChI=1S/C24H22N4O3S/c29-21-8-4-1-5-17(21)13-14-22(30)27-28-23(31)18-11-9-16(10-12-18)15-32-24-25-19-6-2-3-7-20(19)26-24/h1-12,29H,13-15H2,(H,25,26)(H,27,30)(H,28,31). The van der Waals surface area contributed by atoms with E-state index in [9.17, 15) is 14.7 Å². The van der Waals surface area contributed by atoms with Gasteiger partial charge >= 0.3 is 0 Å². The van der Waals surface area contributed by atoms with E-state index in [-0.39, 0.29) is 18.1 Å². The number of thioether (sulfide) groups is 1. The van der Waals surface area contributed by atoms with E-state index in [0.717, 1.165) is 21.8 Å². The minimum Gasteiger partial charge on any atom is -0.508 e. The molecular weight excluding hydrogens is 424 g/mol. The fraction of sp³-hybridized carbons (Fsp3) is 0.125. The van der Waals surface area contributed by atoms with Crippen LogP contribution >= 0.6 is 11.8 Å². The fourth-order valence-corrected chi connectivity index (χ4v) is 3.97. The summed E-state index contributed by atoms with van der Waals surface area (Å²) in [5.41, 5.74) is 8.96. The third-order valence-corrected chi connectivity index (χ3v) is 5.83. The van der Waals surface area contributed by atoms with Gasteiger partial charge in [0.2, 0.25) is 5.91 Å². The molecule has 1 heterocycles. The zero-order valence-electron chi connectivity index (χ0n) is 17.2. The average Bonchev–Trinajstić information content (AvgIpc) is 3.24. The first-order chi connectivity index (χ1) is 15.6. The summed E-state index contributed by atoms with van der Waals surface area (Å²) in [4.78, 5) is 32.1. The van der Waals surface area contributed by atoms with E-state index in [1.54, 1.807) is 48.2 Å². The van der Waals surface area contributed by atoms with Crippen molar-refractivity contribution in [2.75, 3.05) is 0 Å². The highest BCUT2D eigenvalue weighted by Gasteiger charge is 2.09. The fourth-order valence-electron chi connectivity index (χ4n) is 3.13. The molecule has 0 aliphatic heterocycles. The lowest BCUT2D eigenvalue weighted by Crippen LogP contribution is -2.41. The summed E-state index contributed by atoms with van der Waals surface area (Å²) in [6.45, 7) is 0. The molecule has 0 bridgehead atoms. The Morgan fingerprint density at radius 1 is 0.938 bits per heavy atom. The zero-order chi connectivity index (χ0) is 22.3. The first-order valence-corrected chi connectivity index (χ1v) is 11.1. The molecule has 0 atom stereocenters. The molecule has 0 saturated heterocycles. The number of phenolic OH excluding ortho intramolecular Hbond substituents is 1. The van der Waals surface area contributed by atoms with Crippen LogP contribution in [-0.2, 0) is 17.0 Å². The Kier molecular flexibility index (Phi) is 6.72. The maximum atomic E-state index is 12.3. The minimum absolute atomic E-state index is 0.149. The molecule has 0 aliphatic carbocycles. The number of aromatic amines is 1. The lowest BCUT2D eigenvalue weighted by Gasteiger charge is -2.08. The van der Waals surface area contributed by atoms with Crippen LogP contribution in [0.25, 0.3) is 11.0 Å². The van der Waals surface area contributed by atoms with E-state index in [0.29, 0.717) is 23.3 Å². The lowest BCUT2D eigenvalue weighted by atomic mass is 10.1. The third kappa shape index (κ3) is 5.47. The number of carbonyl (C=O) groups is 2. The van der Waals surface area contributed by atoms with Crippen LogP contribution in [0, 0.1) is 0 Å². The second kappa shape index (κ2) is 10.0. The SMILES string of the molecule is O=C(CCc1ccccc1O)NNC(=O)c1ccc(CSc2nc3ccccc3[nH]2)cc1. The number of benzene rings is 3. The minimum atomic E-state index is -0.391. The molecule has 0 fully saturated rings. The van der Waals surface area contributed by atoms with Crippen LogP contribution in [0.2, 0.25) is 0 Å². The maximum Gasteiger partial charge on any atom is 0.269 e. The highest BCUT2D eigenvalue weighted by molar-refractivity contribution is 7.98. The number of nitrogens with zero attached hydrogens (tertiary/aromatic N) is 1. The molecule has 4 rings (SSSR count). The van der Waals surface area contributed by atoms with Crippen LogP contribution in [-0.4, -0.2) is 26.9 Å². The van der Waals surface area contributed by atoms with Crippen LogP contribution in [0.1, 0.15) is 27.9 Å². The van der Waals surface area contributed by atoms with Crippen molar-refractivity contribution in [3.63, 3.8) is 0 Å². The number of aromatic hydroxyl groups is 1. The van der Waals surface area contributed by atoms with Crippen LogP contribution in [0.5, 0.6) is 5.75 Å². The molecule has 0 spiro atoms. The quantitative estimate of drug-likeness (QED) is 0.254. The Bertz CT molecular complexity index is 1200. The highest BCUT2D eigenvalue weighted by Crippen LogP contribution is 2.23. The van der Waals surface area contributed by atoms with Crippen LogP contribution < -0.4 is 10.9 Å². The molecule has 4 aromatic rings. The maximum absolute atomic E-state index is 12.3. The van der Waals surface area contributed by atoms with Crippen molar-refractivity contribution in [2.45, 2.75) is 23.8 Å². The molecule has 0 saturated carbocycles. The van der Waals surface area contributed by atoms with Crippen molar-refractivity contribution in [1.82, 2.24) is 20.8 Å². The van der Waals surface area contributed by atoms with Crippen molar-refractivity contribution in [1.29, 1.82) is 0 Å². The van der Waals surface area contributed by atoms with Gasteiger partial charge in [0, 0.05) is 17.7 Å². The number of phenols is 1. The molecule has 3 aromatic carbocycles. The predicted molar refractivity (Wildman–Crippen MR) is 124 cm³/mol. The summed E-state index contributed by atoms with van der Waals surface area (Å²) in [5.74, 6) is 0.144. The normalized spacial score (nSPS) is 10.8. The van der Waals surface area contributed by atoms with Crippen molar-refractivity contribution >= 4 is 34.6 Å². The molecule has 2 amide bonds. The van der Waals surface area contributed by atoms with E-state index < -0.39 is 5.91 Å².